The number of anilines is 2. The summed E-state index contributed by atoms with van der Waals surface area (Å²) in [6.45, 7) is 2.35. The lowest BCUT2D eigenvalue weighted by molar-refractivity contribution is 0.0991. The standard InChI is InChI=1S/C19H22N6O5S/c1-10-6-7-20-25(10)19-24-23-18(31-19)22-16(26)14-8-12(15(29-3)17(27)30-14)21-13(9-28-2)11-4-5-11/h6-8,11,13,21H,4-5,9H2,1-3H3,(H,22,23,26)/t13-/m1/s1. The van der Waals surface area contributed by atoms with Crippen molar-refractivity contribution in [1.29, 1.82) is 0 Å². The van der Waals surface area contributed by atoms with E-state index in [1.54, 1.807) is 18.0 Å². The molecule has 1 atom stereocenters. The fourth-order valence-corrected chi connectivity index (χ4v) is 3.91. The predicted molar refractivity (Wildman–Crippen MR) is 113 cm³/mol. The summed E-state index contributed by atoms with van der Waals surface area (Å²) in [5.74, 6) is -0.352. The van der Waals surface area contributed by atoms with Gasteiger partial charge in [-0.25, -0.2) is 9.48 Å². The van der Waals surface area contributed by atoms with E-state index in [1.165, 1.54) is 13.2 Å². The third-order valence-corrected chi connectivity index (χ3v) is 5.68. The lowest BCUT2D eigenvalue weighted by atomic mass is 10.2. The Morgan fingerprint density at radius 1 is 1.39 bits per heavy atom. The van der Waals surface area contributed by atoms with Gasteiger partial charge in [0.05, 0.1) is 25.4 Å². The maximum atomic E-state index is 12.7. The van der Waals surface area contributed by atoms with Crippen molar-refractivity contribution in [2.45, 2.75) is 25.8 Å². The molecule has 0 bridgehead atoms. The summed E-state index contributed by atoms with van der Waals surface area (Å²) < 4.78 is 17.2. The van der Waals surface area contributed by atoms with Crippen molar-refractivity contribution in [2.75, 3.05) is 31.5 Å². The van der Waals surface area contributed by atoms with Crippen molar-refractivity contribution >= 4 is 28.1 Å². The molecule has 1 amide bonds. The zero-order chi connectivity index (χ0) is 22.0. The van der Waals surface area contributed by atoms with Crippen LogP contribution in [-0.4, -0.2) is 52.8 Å². The zero-order valence-corrected chi connectivity index (χ0v) is 18.1. The third-order valence-electron chi connectivity index (χ3n) is 4.86. The van der Waals surface area contributed by atoms with Crippen LogP contribution in [0.5, 0.6) is 5.75 Å². The van der Waals surface area contributed by atoms with E-state index in [-0.39, 0.29) is 22.7 Å². The largest absolute Gasteiger partial charge is 0.488 e. The van der Waals surface area contributed by atoms with Crippen LogP contribution in [0.1, 0.15) is 29.1 Å². The van der Waals surface area contributed by atoms with Crippen LogP contribution in [0.2, 0.25) is 0 Å². The zero-order valence-electron chi connectivity index (χ0n) is 17.2. The Balaban J connectivity index is 1.55. The number of carbonyl (C=O) groups is 1. The van der Waals surface area contributed by atoms with Gasteiger partial charge in [0.2, 0.25) is 16.0 Å². The van der Waals surface area contributed by atoms with Gasteiger partial charge in [0, 0.05) is 25.1 Å². The Bertz CT molecular complexity index is 1140. The summed E-state index contributed by atoms with van der Waals surface area (Å²) in [4.78, 5) is 25.1. The fourth-order valence-electron chi connectivity index (χ4n) is 3.15. The quantitative estimate of drug-likeness (QED) is 0.507. The molecule has 1 aliphatic carbocycles. The van der Waals surface area contributed by atoms with Gasteiger partial charge in [-0.15, -0.1) is 10.2 Å². The highest BCUT2D eigenvalue weighted by molar-refractivity contribution is 7.17. The molecule has 1 fully saturated rings. The molecule has 2 N–H and O–H groups in total. The number of rotatable bonds is 9. The van der Waals surface area contributed by atoms with E-state index in [0.717, 1.165) is 29.9 Å². The first kappa shape index (κ1) is 21.0. The first-order chi connectivity index (χ1) is 15.0. The molecule has 31 heavy (non-hydrogen) atoms. The van der Waals surface area contributed by atoms with Gasteiger partial charge < -0.3 is 19.2 Å². The van der Waals surface area contributed by atoms with Gasteiger partial charge in [-0.2, -0.15) is 5.10 Å². The summed E-state index contributed by atoms with van der Waals surface area (Å²) in [7, 11) is 2.99. The highest BCUT2D eigenvalue weighted by Gasteiger charge is 2.32. The molecule has 3 aromatic rings. The molecule has 0 radical (unpaired) electrons. The molecule has 0 unspecified atom stereocenters. The monoisotopic (exact) mass is 446 g/mol. The lowest BCUT2D eigenvalue weighted by Crippen LogP contribution is -2.28. The minimum atomic E-state index is -0.755. The number of aromatic nitrogens is 4. The van der Waals surface area contributed by atoms with Crippen molar-refractivity contribution in [3.63, 3.8) is 0 Å². The van der Waals surface area contributed by atoms with Gasteiger partial charge >= 0.3 is 5.63 Å². The van der Waals surface area contributed by atoms with Crippen LogP contribution in [-0.2, 0) is 4.74 Å². The molecule has 1 saturated carbocycles. The summed E-state index contributed by atoms with van der Waals surface area (Å²) in [6, 6.07) is 3.28. The Hall–Kier alpha value is -3.25. The highest BCUT2D eigenvalue weighted by atomic mass is 32.1. The number of hydrogen-bond donors (Lipinski definition) is 2. The van der Waals surface area contributed by atoms with E-state index in [4.69, 9.17) is 13.9 Å². The Labute approximate surface area is 181 Å². The van der Waals surface area contributed by atoms with Crippen molar-refractivity contribution < 1.29 is 18.7 Å². The Morgan fingerprint density at radius 2 is 2.19 bits per heavy atom. The van der Waals surface area contributed by atoms with Crippen LogP contribution < -0.4 is 21.0 Å². The molecule has 3 aromatic heterocycles. The van der Waals surface area contributed by atoms with E-state index < -0.39 is 11.5 Å². The second kappa shape index (κ2) is 8.86. The summed E-state index contributed by atoms with van der Waals surface area (Å²) in [6.07, 6.45) is 3.80. The molecular formula is C19H22N6O5S. The number of ether oxygens (including phenoxy) is 2. The van der Waals surface area contributed by atoms with Crippen LogP contribution in [0.4, 0.5) is 10.8 Å². The number of nitrogens with zero attached hydrogens (tertiary/aromatic N) is 4. The number of methoxy groups -OCH3 is 2. The molecule has 0 aromatic carbocycles. The van der Waals surface area contributed by atoms with Gasteiger partial charge in [0.15, 0.2) is 5.76 Å². The number of nitrogens with one attached hydrogen (secondary N) is 2. The second-order valence-corrected chi connectivity index (χ2v) is 8.07. The maximum absolute atomic E-state index is 12.7. The van der Waals surface area contributed by atoms with Gasteiger partial charge in [-0.3, -0.25) is 10.1 Å². The average molecular weight is 446 g/mol. The number of carbonyl (C=O) groups excluding carboxylic acids is 1. The van der Waals surface area contributed by atoms with E-state index in [1.807, 2.05) is 13.0 Å². The predicted octanol–water partition coefficient (Wildman–Crippen LogP) is 2.08. The van der Waals surface area contributed by atoms with Crippen LogP contribution in [0.15, 0.2) is 27.5 Å². The molecule has 3 heterocycles. The van der Waals surface area contributed by atoms with E-state index in [9.17, 15) is 9.59 Å². The van der Waals surface area contributed by atoms with E-state index in [2.05, 4.69) is 25.9 Å². The molecule has 11 nitrogen and oxygen atoms in total. The third kappa shape index (κ3) is 4.59. The van der Waals surface area contributed by atoms with Crippen LogP contribution in [0.25, 0.3) is 5.13 Å². The Kier molecular flexibility index (Phi) is 6.00. The molecule has 0 saturated heterocycles. The molecule has 0 spiro atoms. The summed E-state index contributed by atoms with van der Waals surface area (Å²) >= 11 is 1.14. The first-order valence-corrected chi connectivity index (χ1v) is 10.4. The van der Waals surface area contributed by atoms with Crippen LogP contribution >= 0.6 is 11.3 Å². The van der Waals surface area contributed by atoms with Gasteiger partial charge in [0.25, 0.3) is 5.91 Å². The smallest absolute Gasteiger partial charge is 0.381 e. The highest BCUT2D eigenvalue weighted by Crippen LogP contribution is 2.35. The number of amides is 1. The molecule has 12 heteroatoms. The summed E-state index contributed by atoms with van der Waals surface area (Å²) in [5, 5.41) is 18.8. The van der Waals surface area contributed by atoms with Crippen molar-refractivity contribution in [3.05, 3.63) is 40.2 Å². The number of hydrogen-bond acceptors (Lipinski definition) is 10. The molecule has 1 aliphatic rings. The van der Waals surface area contributed by atoms with Crippen LogP contribution in [0.3, 0.4) is 0 Å². The van der Waals surface area contributed by atoms with Crippen LogP contribution in [0, 0.1) is 12.8 Å². The van der Waals surface area contributed by atoms with Gasteiger partial charge in [0.1, 0.15) is 0 Å². The molecular weight excluding hydrogens is 424 g/mol. The fraction of sp³-hybridized carbons (Fsp3) is 0.421. The minimum absolute atomic E-state index is 0.000331. The van der Waals surface area contributed by atoms with E-state index in [0.29, 0.717) is 23.3 Å². The van der Waals surface area contributed by atoms with Gasteiger partial charge in [-0.1, -0.05) is 11.3 Å². The average Bonchev–Trinajstić information content (AvgIpc) is 3.35. The minimum Gasteiger partial charge on any atom is -0.488 e. The van der Waals surface area contributed by atoms with Gasteiger partial charge in [-0.05, 0) is 31.7 Å². The van der Waals surface area contributed by atoms with Crippen molar-refractivity contribution in [1.82, 2.24) is 20.0 Å². The Morgan fingerprint density at radius 3 is 2.84 bits per heavy atom. The second-order valence-electron chi connectivity index (χ2n) is 7.12. The molecule has 164 valence electrons. The van der Waals surface area contributed by atoms with Crippen molar-refractivity contribution in [2.24, 2.45) is 5.92 Å². The topological polar surface area (TPSA) is 133 Å². The number of aryl methyl sites for hydroxylation is 1. The lowest BCUT2D eigenvalue weighted by Gasteiger charge is -2.20. The molecule has 4 rings (SSSR count). The molecule has 0 aliphatic heterocycles. The normalized spacial score (nSPS) is 14.3. The van der Waals surface area contributed by atoms with Crippen molar-refractivity contribution in [3.8, 4) is 10.9 Å². The van der Waals surface area contributed by atoms with E-state index >= 15 is 0 Å². The maximum Gasteiger partial charge on any atom is 0.381 e. The summed E-state index contributed by atoms with van der Waals surface area (Å²) in [5.41, 5.74) is 0.505. The SMILES string of the molecule is COC[C@@H](Nc1cc(C(=O)Nc2nnc(-n3nccc3C)s2)oc(=O)c1OC)C1CC1. The first-order valence-electron chi connectivity index (χ1n) is 9.63.